The summed E-state index contributed by atoms with van der Waals surface area (Å²) in [4.78, 5) is 20.1. The van der Waals surface area contributed by atoms with Gasteiger partial charge in [-0.15, -0.1) is 0 Å². The number of carbonyl (C=O) groups is 1. The van der Waals surface area contributed by atoms with Gasteiger partial charge in [0.05, 0.1) is 11.1 Å². The van der Waals surface area contributed by atoms with Crippen molar-refractivity contribution < 1.29 is 22.7 Å². The van der Waals surface area contributed by atoms with E-state index in [0.29, 0.717) is 11.3 Å². The number of nitrogen functional groups attached to an aromatic ring is 1. The number of carbonyl (C=O) groups excluding carboxylic acids is 1. The van der Waals surface area contributed by atoms with E-state index in [0.717, 1.165) is 43.5 Å². The molecule has 1 saturated carbocycles. The number of pyridine rings is 2. The van der Waals surface area contributed by atoms with Crippen molar-refractivity contribution >= 4 is 17.8 Å². The molecule has 0 aliphatic heterocycles. The Kier molecular flexibility index (Phi) is 6.81. The van der Waals surface area contributed by atoms with Crippen molar-refractivity contribution in [2.45, 2.75) is 37.9 Å². The molecular formula is C25H23F3N4O2. The minimum Gasteiger partial charge on any atom is -0.439 e. The predicted octanol–water partition coefficient (Wildman–Crippen LogP) is 5.63. The number of anilines is 1. The minimum absolute atomic E-state index is 0.0599. The molecule has 1 aliphatic carbocycles. The van der Waals surface area contributed by atoms with Gasteiger partial charge in [0.25, 0.3) is 5.91 Å². The number of allylic oxidation sites excluding steroid dienone is 1. The van der Waals surface area contributed by atoms with E-state index in [1.54, 1.807) is 24.4 Å². The molecule has 2 aromatic heterocycles. The number of nitrogens with zero attached hydrogens (tertiary/aromatic N) is 2. The SMILES string of the molecule is Nc1ncccc1C(=O)NC1CCC(=Cc2cccc(Oc3ccc(C(F)(F)F)cn3)c2)CC1. The zero-order valence-corrected chi connectivity index (χ0v) is 18.2. The molecular weight excluding hydrogens is 445 g/mol. The number of nitrogens with one attached hydrogen (secondary N) is 1. The second-order valence-corrected chi connectivity index (χ2v) is 8.04. The third-order valence-electron chi connectivity index (χ3n) is 5.56. The molecule has 1 fully saturated rings. The Hall–Kier alpha value is -3.88. The van der Waals surface area contributed by atoms with Crippen molar-refractivity contribution in [2.75, 3.05) is 5.73 Å². The topological polar surface area (TPSA) is 90.1 Å². The van der Waals surface area contributed by atoms with E-state index in [1.807, 2.05) is 18.2 Å². The first-order chi connectivity index (χ1) is 16.3. The molecule has 176 valence electrons. The van der Waals surface area contributed by atoms with Gasteiger partial charge in [-0.1, -0.05) is 23.8 Å². The zero-order valence-electron chi connectivity index (χ0n) is 18.2. The molecule has 9 heteroatoms. The van der Waals surface area contributed by atoms with Gasteiger partial charge in [-0.05, 0) is 61.6 Å². The van der Waals surface area contributed by atoms with E-state index in [-0.39, 0.29) is 23.6 Å². The number of rotatable bonds is 5. The molecule has 6 nitrogen and oxygen atoms in total. The Labute approximate surface area is 194 Å². The molecule has 0 bridgehead atoms. The third-order valence-corrected chi connectivity index (χ3v) is 5.56. The molecule has 3 N–H and O–H groups in total. The molecule has 0 atom stereocenters. The fourth-order valence-electron chi connectivity index (χ4n) is 3.78. The largest absolute Gasteiger partial charge is 0.439 e. The molecule has 0 radical (unpaired) electrons. The highest BCUT2D eigenvalue weighted by Gasteiger charge is 2.30. The average Bonchev–Trinajstić information content (AvgIpc) is 2.81. The van der Waals surface area contributed by atoms with Crippen LogP contribution in [0.3, 0.4) is 0 Å². The fourth-order valence-corrected chi connectivity index (χ4v) is 3.78. The summed E-state index contributed by atoms with van der Waals surface area (Å²) >= 11 is 0. The zero-order chi connectivity index (χ0) is 24.1. The summed E-state index contributed by atoms with van der Waals surface area (Å²) < 4.78 is 43.7. The van der Waals surface area contributed by atoms with Crippen LogP contribution in [0, 0.1) is 0 Å². The predicted molar refractivity (Wildman–Crippen MR) is 122 cm³/mol. The Morgan fingerprint density at radius 3 is 2.56 bits per heavy atom. The highest BCUT2D eigenvalue weighted by atomic mass is 19.4. The van der Waals surface area contributed by atoms with Crippen LogP contribution in [0.1, 0.15) is 47.2 Å². The molecule has 1 amide bonds. The number of hydrogen-bond donors (Lipinski definition) is 2. The maximum absolute atomic E-state index is 12.7. The lowest BCUT2D eigenvalue weighted by atomic mass is 9.89. The summed E-state index contributed by atoms with van der Waals surface area (Å²) in [6.07, 6.45) is 3.21. The first-order valence-corrected chi connectivity index (χ1v) is 10.8. The maximum atomic E-state index is 12.7. The highest BCUT2D eigenvalue weighted by Crippen LogP contribution is 2.31. The summed E-state index contributed by atoms with van der Waals surface area (Å²) in [7, 11) is 0. The molecule has 2 heterocycles. The molecule has 1 aromatic carbocycles. The molecule has 0 unspecified atom stereocenters. The fraction of sp³-hybridized carbons (Fsp3) is 0.240. The standard InChI is InChI=1S/C25H23F3N4O2/c26-25(27,28)18-8-11-22(31-15-18)34-20-4-1-3-17(14-20)13-16-6-9-19(10-7-16)32-24(33)21-5-2-12-30-23(21)29/h1-5,8,11-15,19H,6-7,9-10H2,(H2,29,30)(H,32,33). The van der Waals surface area contributed by atoms with E-state index in [9.17, 15) is 18.0 Å². The summed E-state index contributed by atoms with van der Waals surface area (Å²) in [5.74, 6) is 0.565. The van der Waals surface area contributed by atoms with Gasteiger partial charge >= 0.3 is 6.18 Å². The van der Waals surface area contributed by atoms with Gasteiger partial charge in [-0.3, -0.25) is 4.79 Å². The van der Waals surface area contributed by atoms with Gasteiger partial charge in [-0.2, -0.15) is 13.2 Å². The number of halogens is 3. The first-order valence-electron chi connectivity index (χ1n) is 10.8. The summed E-state index contributed by atoms with van der Waals surface area (Å²) in [6.45, 7) is 0. The highest BCUT2D eigenvalue weighted by molar-refractivity contribution is 5.98. The van der Waals surface area contributed by atoms with Gasteiger partial charge < -0.3 is 15.8 Å². The van der Waals surface area contributed by atoms with Crippen LogP contribution in [0.2, 0.25) is 0 Å². The lowest BCUT2D eigenvalue weighted by Gasteiger charge is -2.25. The van der Waals surface area contributed by atoms with E-state index >= 15 is 0 Å². The maximum Gasteiger partial charge on any atom is 0.417 e. The summed E-state index contributed by atoms with van der Waals surface area (Å²) in [5, 5.41) is 3.03. The molecule has 3 aromatic rings. The van der Waals surface area contributed by atoms with Crippen molar-refractivity contribution in [2.24, 2.45) is 0 Å². The Morgan fingerprint density at radius 2 is 1.88 bits per heavy atom. The second kappa shape index (κ2) is 9.94. The Balaban J connectivity index is 1.34. The van der Waals surface area contributed by atoms with Crippen molar-refractivity contribution in [3.63, 3.8) is 0 Å². The average molecular weight is 468 g/mol. The number of ether oxygens (including phenoxy) is 1. The quantitative estimate of drug-likeness (QED) is 0.507. The van der Waals surface area contributed by atoms with Crippen molar-refractivity contribution in [3.05, 3.63) is 83.2 Å². The number of nitrogens with two attached hydrogens (primary N) is 1. The number of alkyl halides is 3. The number of hydrogen-bond acceptors (Lipinski definition) is 5. The smallest absolute Gasteiger partial charge is 0.417 e. The minimum atomic E-state index is -4.44. The lowest BCUT2D eigenvalue weighted by molar-refractivity contribution is -0.137. The Bertz CT molecular complexity index is 1180. The van der Waals surface area contributed by atoms with Crippen LogP contribution in [0.25, 0.3) is 6.08 Å². The van der Waals surface area contributed by atoms with Crippen LogP contribution in [0.5, 0.6) is 11.6 Å². The van der Waals surface area contributed by atoms with Crippen LogP contribution < -0.4 is 15.8 Å². The van der Waals surface area contributed by atoms with Crippen LogP contribution in [0.15, 0.2) is 66.5 Å². The normalized spacial score (nSPS) is 16.1. The summed E-state index contributed by atoms with van der Waals surface area (Å²) in [6, 6.07) is 12.8. The van der Waals surface area contributed by atoms with Crippen molar-refractivity contribution in [1.29, 1.82) is 0 Å². The van der Waals surface area contributed by atoms with Gasteiger partial charge in [0, 0.05) is 24.5 Å². The number of benzene rings is 1. The van der Waals surface area contributed by atoms with Gasteiger partial charge in [0.15, 0.2) is 0 Å². The molecule has 0 spiro atoms. The van der Waals surface area contributed by atoms with Crippen LogP contribution >= 0.6 is 0 Å². The van der Waals surface area contributed by atoms with Crippen molar-refractivity contribution in [1.82, 2.24) is 15.3 Å². The van der Waals surface area contributed by atoms with Gasteiger partial charge in [0.1, 0.15) is 11.6 Å². The van der Waals surface area contributed by atoms with E-state index in [2.05, 4.69) is 21.4 Å². The molecule has 34 heavy (non-hydrogen) atoms. The van der Waals surface area contributed by atoms with E-state index < -0.39 is 11.7 Å². The van der Waals surface area contributed by atoms with E-state index in [1.165, 1.54) is 11.6 Å². The lowest BCUT2D eigenvalue weighted by Crippen LogP contribution is -2.36. The molecule has 1 aliphatic rings. The number of amides is 1. The monoisotopic (exact) mass is 468 g/mol. The van der Waals surface area contributed by atoms with E-state index in [4.69, 9.17) is 10.5 Å². The van der Waals surface area contributed by atoms with Gasteiger partial charge in [0.2, 0.25) is 5.88 Å². The Morgan fingerprint density at radius 1 is 1.09 bits per heavy atom. The molecule has 4 rings (SSSR count). The first kappa shape index (κ1) is 23.3. The third kappa shape index (κ3) is 5.92. The van der Waals surface area contributed by atoms with Crippen LogP contribution in [-0.2, 0) is 6.18 Å². The van der Waals surface area contributed by atoms with Crippen molar-refractivity contribution in [3.8, 4) is 11.6 Å². The van der Waals surface area contributed by atoms with Crippen LogP contribution in [0.4, 0.5) is 19.0 Å². The molecule has 0 saturated heterocycles. The van der Waals surface area contributed by atoms with Crippen LogP contribution in [-0.4, -0.2) is 21.9 Å². The van der Waals surface area contributed by atoms with Gasteiger partial charge in [-0.25, -0.2) is 9.97 Å². The number of aromatic nitrogens is 2. The summed E-state index contributed by atoms with van der Waals surface area (Å²) in [5.41, 5.74) is 7.50. The second-order valence-electron chi connectivity index (χ2n) is 8.04.